The molecule has 0 aromatic carbocycles. The van der Waals surface area contributed by atoms with Crippen LogP contribution in [-0.2, 0) is 28.6 Å². The third kappa shape index (κ3) is 67.4. The highest BCUT2D eigenvalue weighted by atomic mass is 16.6. The van der Waals surface area contributed by atoms with Gasteiger partial charge in [0.05, 0.1) is 0 Å². The van der Waals surface area contributed by atoms with Crippen molar-refractivity contribution < 1.29 is 28.6 Å². The second-order valence-corrected chi connectivity index (χ2v) is 23.7. The third-order valence-corrected chi connectivity index (χ3v) is 15.6. The number of allylic oxidation sites excluding steroid dienone is 14. The maximum absolute atomic E-state index is 13.0. The fourth-order valence-electron chi connectivity index (χ4n) is 10.4. The van der Waals surface area contributed by atoms with Crippen molar-refractivity contribution >= 4 is 17.9 Å². The van der Waals surface area contributed by atoms with Crippen LogP contribution in [0.15, 0.2) is 85.1 Å². The van der Waals surface area contributed by atoms with Crippen molar-refractivity contribution in [3.8, 4) is 0 Å². The predicted octanol–water partition coefficient (Wildman–Crippen LogP) is 24.6. The van der Waals surface area contributed by atoms with Crippen molar-refractivity contribution in [2.75, 3.05) is 13.2 Å². The molecule has 0 N–H and O–H groups in total. The lowest BCUT2D eigenvalue weighted by Crippen LogP contribution is -2.30. The van der Waals surface area contributed by atoms with Gasteiger partial charge >= 0.3 is 17.9 Å². The Hall–Kier alpha value is -3.41. The topological polar surface area (TPSA) is 78.9 Å². The molecule has 0 amide bonds. The molecule has 474 valence electrons. The van der Waals surface area contributed by atoms with E-state index in [0.29, 0.717) is 19.3 Å². The Morgan fingerprint density at radius 2 is 0.476 bits per heavy atom. The standard InChI is InChI=1S/C76H134O6/c1-4-7-10-13-16-19-22-25-28-30-32-34-35-36-37-38-39-40-42-43-45-48-51-54-57-60-63-66-69-75(78)81-72-73(71-80-74(77)68-65-62-59-56-53-50-47-27-24-21-18-15-12-9-6-3)82-76(79)70-67-64-61-58-55-52-49-46-44-41-33-31-29-26-23-20-17-14-11-8-5-2/h8-9,11-12,17-18,20-21,26-27,29,33,41,47,73H,4-7,10,13-16,19,22-25,28,30-32,34-40,42-46,48-72H2,1-3H3/b11-8-,12-9-,20-17-,21-18-,29-26-,41-33-,47-27-. The van der Waals surface area contributed by atoms with Crippen LogP contribution in [-0.4, -0.2) is 37.2 Å². The lowest BCUT2D eigenvalue weighted by Gasteiger charge is -2.18. The van der Waals surface area contributed by atoms with Crippen molar-refractivity contribution in [3.63, 3.8) is 0 Å². The maximum Gasteiger partial charge on any atom is 0.306 e. The van der Waals surface area contributed by atoms with Gasteiger partial charge in [-0.25, -0.2) is 0 Å². The van der Waals surface area contributed by atoms with E-state index in [1.54, 1.807) is 0 Å². The van der Waals surface area contributed by atoms with Gasteiger partial charge in [-0.2, -0.15) is 0 Å². The molecule has 0 aromatic heterocycles. The monoisotopic (exact) mass is 1140 g/mol. The van der Waals surface area contributed by atoms with Crippen LogP contribution in [0.25, 0.3) is 0 Å². The van der Waals surface area contributed by atoms with Crippen LogP contribution in [0.1, 0.15) is 361 Å². The zero-order valence-electron chi connectivity index (χ0n) is 54.5. The number of carbonyl (C=O) groups is 3. The normalized spacial score (nSPS) is 12.6. The molecule has 1 atom stereocenters. The molecule has 1 unspecified atom stereocenters. The van der Waals surface area contributed by atoms with E-state index in [1.807, 2.05) is 0 Å². The molecule has 0 aliphatic heterocycles. The molecule has 0 saturated carbocycles. The fraction of sp³-hybridized carbons (Fsp3) is 0.776. The van der Waals surface area contributed by atoms with E-state index < -0.39 is 6.10 Å². The van der Waals surface area contributed by atoms with Crippen LogP contribution in [0.3, 0.4) is 0 Å². The quantitative estimate of drug-likeness (QED) is 0.0261. The van der Waals surface area contributed by atoms with E-state index in [1.165, 1.54) is 193 Å². The van der Waals surface area contributed by atoms with Crippen LogP contribution in [0.2, 0.25) is 0 Å². The first kappa shape index (κ1) is 78.6. The van der Waals surface area contributed by atoms with Gasteiger partial charge in [0.2, 0.25) is 0 Å². The summed E-state index contributed by atoms with van der Waals surface area (Å²) in [6.45, 7) is 6.45. The first-order chi connectivity index (χ1) is 40.5. The summed E-state index contributed by atoms with van der Waals surface area (Å²) in [6, 6.07) is 0. The molecule has 0 rings (SSSR count). The zero-order chi connectivity index (χ0) is 59.2. The van der Waals surface area contributed by atoms with E-state index in [2.05, 4.69) is 106 Å². The highest BCUT2D eigenvalue weighted by molar-refractivity contribution is 5.71. The highest BCUT2D eigenvalue weighted by Crippen LogP contribution is 2.18. The molecular formula is C76H134O6. The summed E-state index contributed by atoms with van der Waals surface area (Å²) in [4.78, 5) is 38.4. The Morgan fingerprint density at radius 3 is 0.744 bits per heavy atom. The Balaban J connectivity index is 4.27. The SMILES string of the molecule is CC/C=C\C/C=C\C/C=C\C/C=C\CCCCCCCCCCC(=O)OC(COC(=O)CCCCCCC/C=C\C/C=C\C/C=C\CC)COC(=O)CCCCCCCCCCCCCCCCCCCCCCCCCCCCCC. The van der Waals surface area contributed by atoms with E-state index in [9.17, 15) is 14.4 Å². The van der Waals surface area contributed by atoms with Gasteiger partial charge in [0.1, 0.15) is 13.2 Å². The van der Waals surface area contributed by atoms with Gasteiger partial charge in [-0.3, -0.25) is 14.4 Å². The van der Waals surface area contributed by atoms with Gasteiger partial charge in [0.25, 0.3) is 0 Å². The number of rotatable bonds is 65. The van der Waals surface area contributed by atoms with Crippen molar-refractivity contribution in [2.24, 2.45) is 0 Å². The second-order valence-electron chi connectivity index (χ2n) is 23.7. The number of hydrogen-bond donors (Lipinski definition) is 0. The molecule has 0 heterocycles. The average Bonchev–Trinajstić information content (AvgIpc) is 3.47. The minimum absolute atomic E-state index is 0.0826. The fourth-order valence-corrected chi connectivity index (χ4v) is 10.4. The number of ether oxygens (including phenoxy) is 3. The predicted molar refractivity (Wildman–Crippen MR) is 358 cm³/mol. The number of carbonyl (C=O) groups excluding carboxylic acids is 3. The second kappa shape index (κ2) is 70.1. The average molecular weight is 1140 g/mol. The first-order valence-electron chi connectivity index (χ1n) is 35.6. The largest absolute Gasteiger partial charge is 0.462 e. The van der Waals surface area contributed by atoms with E-state index in [4.69, 9.17) is 14.2 Å². The number of esters is 3. The van der Waals surface area contributed by atoms with Crippen LogP contribution < -0.4 is 0 Å². The number of hydrogen-bond acceptors (Lipinski definition) is 6. The molecule has 0 saturated heterocycles. The van der Waals surface area contributed by atoms with Gasteiger partial charge in [0, 0.05) is 19.3 Å². The minimum Gasteiger partial charge on any atom is -0.462 e. The molecule has 6 heteroatoms. The minimum atomic E-state index is -0.790. The molecule has 0 spiro atoms. The van der Waals surface area contributed by atoms with Crippen LogP contribution >= 0.6 is 0 Å². The van der Waals surface area contributed by atoms with E-state index in [0.717, 1.165) is 128 Å². The maximum atomic E-state index is 13.0. The first-order valence-corrected chi connectivity index (χ1v) is 35.6. The smallest absolute Gasteiger partial charge is 0.306 e. The lowest BCUT2D eigenvalue weighted by atomic mass is 10.0. The summed E-state index contributed by atoms with van der Waals surface area (Å²) in [7, 11) is 0. The molecule has 0 fully saturated rings. The molecule has 0 radical (unpaired) electrons. The molecule has 0 bridgehead atoms. The summed E-state index contributed by atoms with van der Waals surface area (Å²) >= 11 is 0. The summed E-state index contributed by atoms with van der Waals surface area (Å²) < 4.78 is 17.0. The van der Waals surface area contributed by atoms with Crippen molar-refractivity contribution in [3.05, 3.63) is 85.1 Å². The van der Waals surface area contributed by atoms with Crippen LogP contribution in [0, 0.1) is 0 Å². The van der Waals surface area contributed by atoms with Gasteiger partial charge in [-0.15, -0.1) is 0 Å². The molecule has 0 aliphatic carbocycles. The Morgan fingerprint density at radius 1 is 0.256 bits per heavy atom. The molecular weight excluding hydrogens is 1010 g/mol. The van der Waals surface area contributed by atoms with Gasteiger partial charge in [-0.05, 0) is 89.9 Å². The zero-order valence-corrected chi connectivity index (χ0v) is 54.5. The highest BCUT2D eigenvalue weighted by Gasteiger charge is 2.19. The van der Waals surface area contributed by atoms with Crippen LogP contribution in [0.4, 0.5) is 0 Å². The summed E-state index contributed by atoms with van der Waals surface area (Å²) in [5.41, 5.74) is 0. The molecule has 0 aliphatic rings. The van der Waals surface area contributed by atoms with Crippen molar-refractivity contribution in [1.82, 2.24) is 0 Å². The summed E-state index contributed by atoms with van der Waals surface area (Å²) in [5.74, 6) is -0.890. The Labute approximate surface area is 509 Å². The summed E-state index contributed by atoms with van der Waals surface area (Å²) in [6.07, 6.45) is 93.3. The van der Waals surface area contributed by atoms with Gasteiger partial charge in [0.15, 0.2) is 6.10 Å². The third-order valence-electron chi connectivity index (χ3n) is 15.6. The van der Waals surface area contributed by atoms with Gasteiger partial charge < -0.3 is 14.2 Å². The summed E-state index contributed by atoms with van der Waals surface area (Å²) in [5, 5.41) is 0. The Bertz CT molecular complexity index is 1550. The van der Waals surface area contributed by atoms with Crippen LogP contribution in [0.5, 0.6) is 0 Å². The van der Waals surface area contributed by atoms with E-state index in [-0.39, 0.29) is 31.1 Å². The number of unbranched alkanes of at least 4 members (excludes halogenated alkanes) is 40. The molecule has 6 nitrogen and oxygen atoms in total. The van der Waals surface area contributed by atoms with Crippen molar-refractivity contribution in [1.29, 1.82) is 0 Å². The Kier molecular flexibility index (Phi) is 67.2. The van der Waals surface area contributed by atoms with Crippen molar-refractivity contribution in [2.45, 2.75) is 367 Å². The molecule has 82 heavy (non-hydrogen) atoms. The van der Waals surface area contributed by atoms with Gasteiger partial charge in [-0.1, -0.05) is 337 Å². The van der Waals surface area contributed by atoms with E-state index >= 15 is 0 Å². The lowest BCUT2D eigenvalue weighted by molar-refractivity contribution is -0.167. The molecule has 0 aromatic rings.